The Balaban J connectivity index is 1.46. The SMILES string of the molecule is Fc1ccc(C2=CCNC(CCCCn3ccnc3)C2)cc1. The molecule has 1 aliphatic heterocycles. The fraction of sp³-hybridized carbons (Fsp3) is 0.389. The number of nitrogens with one attached hydrogen (secondary N) is 1. The summed E-state index contributed by atoms with van der Waals surface area (Å²) in [5.74, 6) is -0.172. The molecule has 0 fully saturated rings. The van der Waals surface area contributed by atoms with Crippen LogP contribution in [0.1, 0.15) is 31.2 Å². The summed E-state index contributed by atoms with van der Waals surface area (Å²) in [6, 6.07) is 7.36. The summed E-state index contributed by atoms with van der Waals surface area (Å²) in [7, 11) is 0. The van der Waals surface area contributed by atoms with Crippen LogP contribution < -0.4 is 5.32 Å². The predicted octanol–water partition coefficient (Wildman–Crippen LogP) is 3.64. The maximum Gasteiger partial charge on any atom is 0.123 e. The molecule has 0 amide bonds. The minimum absolute atomic E-state index is 0.172. The molecule has 1 aliphatic rings. The fourth-order valence-corrected chi connectivity index (χ4v) is 2.98. The van der Waals surface area contributed by atoms with Gasteiger partial charge in [0, 0.05) is 31.5 Å². The van der Waals surface area contributed by atoms with Crippen LogP contribution >= 0.6 is 0 Å². The normalized spacial score (nSPS) is 18.2. The van der Waals surface area contributed by atoms with Gasteiger partial charge < -0.3 is 9.88 Å². The van der Waals surface area contributed by atoms with Gasteiger partial charge in [-0.25, -0.2) is 9.37 Å². The summed E-state index contributed by atoms with van der Waals surface area (Å²) in [5, 5.41) is 3.55. The number of hydrogen-bond acceptors (Lipinski definition) is 2. The van der Waals surface area contributed by atoms with E-state index in [1.165, 1.54) is 24.8 Å². The van der Waals surface area contributed by atoms with Crippen molar-refractivity contribution in [3.8, 4) is 0 Å². The molecule has 22 heavy (non-hydrogen) atoms. The molecule has 1 aromatic carbocycles. The molecule has 1 aromatic heterocycles. The number of unbranched alkanes of at least 4 members (excludes halogenated alkanes) is 1. The molecule has 4 heteroatoms. The van der Waals surface area contributed by atoms with Gasteiger partial charge >= 0.3 is 0 Å². The molecule has 2 heterocycles. The zero-order valence-electron chi connectivity index (χ0n) is 12.7. The first kappa shape index (κ1) is 15.0. The lowest BCUT2D eigenvalue weighted by Gasteiger charge is -2.24. The van der Waals surface area contributed by atoms with Gasteiger partial charge in [-0.2, -0.15) is 0 Å². The van der Waals surface area contributed by atoms with Crippen LogP contribution in [0.3, 0.4) is 0 Å². The van der Waals surface area contributed by atoms with E-state index < -0.39 is 0 Å². The van der Waals surface area contributed by atoms with E-state index >= 15 is 0 Å². The fourth-order valence-electron chi connectivity index (χ4n) is 2.98. The van der Waals surface area contributed by atoms with Gasteiger partial charge in [0.15, 0.2) is 0 Å². The van der Waals surface area contributed by atoms with E-state index in [2.05, 4.69) is 20.9 Å². The number of hydrogen-bond donors (Lipinski definition) is 1. The molecule has 3 rings (SSSR count). The highest BCUT2D eigenvalue weighted by atomic mass is 19.1. The molecule has 0 saturated heterocycles. The van der Waals surface area contributed by atoms with Crippen molar-refractivity contribution >= 4 is 5.57 Å². The van der Waals surface area contributed by atoms with Crippen molar-refractivity contribution in [1.29, 1.82) is 0 Å². The van der Waals surface area contributed by atoms with Crippen molar-refractivity contribution in [2.24, 2.45) is 0 Å². The number of aryl methyl sites for hydroxylation is 1. The van der Waals surface area contributed by atoms with Gasteiger partial charge in [0.1, 0.15) is 5.82 Å². The number of nitrogens with zero attached hydrogens (tertiary/aromatic N) is 2. The van der Waals surface area contributed by atoms with Crippen LogP contribution in [0.15, 0.2) is 49.1 Å². The van der Waals surface area contributed by atoms with Crippen molar-refractivity contribution in [1.82, 2.24) is 14.9 Å². The van der Waals surface area contributed by atoms with Crippen LogP contribution in [0.5, 0.6) is 0 Å². The molecular weight excluding hydrogens is 277 g/mol. The quantitative estimate of drug-likeness (QED) is 0.825. The number of aromatic nitrogens is 2. The van der Waals surface area contributed by atoms with Crippen LogP contribution in [0.25, 0.3) is 5.57 Å². The minimum atomic E-state index is -0.172. The third-order valence-electron chi connectivity index (χ3n) is 4.21. The van der Waals surface area contributed by atoms with E-state index in [4.69, 9.17) is 0 Å². The molecule has 3 nitrogen and oxygen atoms in total. The molecule has 1 N–H and O–H groups in total. The highest BCUT2D eigenvalue weighted by Crippen LogP contribution is 2.24. The lowest BCUT2D eigenvalue weighted by molar-refractivity contribution is 0.464. The highest BCUT2D eigenvalue weighted by Gasteiger charge is 2.15. The second-order valence-electron chi connectivity index (χ2n) is 5.84. The highest BCUT2D eigenvalue weighted by molar-refractivity contribution is 5.66. The van der Waals surface area contributed by atoms with E-state index in [1.807, 2.05) is 30.9 Å². The first-order valence-electron chi connectivity index (χ1n) is 7.95. The Morgan fingerprint density at radius 2 is 2.09 bits per heavy atom. The van der Waals surface area contributed by atoms with Crippen LogP contribution in [0.4, 0.5) is 4.39 Å². The molecule has 1 atom stereocenters. The van der Waals surface area contributed by atoms with Gasteiger partial charge in [-0.3, -0.25) is 0 Å². The standard InChI is InChI=1S/C18H22FN3/c19-17-6-4-15(5-7-17)16-8-9-21-18(13-16)3-1-2-11-22-12-10-20-14-22/h4-8,10,12,14,18,21H,1-3,9,11,13H2. The minimum Gasteiger partial charge on any atom is -0.337 e. The molecule has 0 spiro atoms. The van der Waals surface area contributed by atoms with Crippen LogP contribution in [-0.2, 0) is 6.54 Å². The first-order chi connectivity index (χ1) is 10.8. The van der Waals surface area contributed by atoms with E-state index in [0.29, 0.717) is 6.04 Å². The summed E-state index contributed by atoms with van der Waals surface area (Å²) in [5.41, 5.74) is 2.48. The predicted molar refractivity (Wildman–Crippen MR) is 86.9 cm³/mol. The zero-order chi connectivity index (χ0) is 15.2. The molecule has 0 saturated carbocycles. The van der Waals surface area contributed by atoms with Crippen molar-refractivity contribution < 1.29 is 4.39 Å². The summed E-state index contributed by atoms with van der Waals surface area (Å²) >= 11 is 0. The number of rotatable bonds is 6. The largest absolute Gasteiger partial charge is 0.337 e. The van der Waals surface area contributed by atoms with E-state index in [1.54, 1.807) is 12.1 Å². The van der Waals surface area contributed by atoms with E-state index in [0.717, 1.165) is 25.1 Å². The van der Waals surface area contributed by atoms with Gasteiger partial charge in [-0.1, -0.05) is 24.6 Å². The molecular formula is C18H22FN3. The van der Waals surface area contributed by atoms with Crippen molar-refractivity contribution in [2.45, 2.75) is 38.3 Å². The monoisotopic (exact) mass is 299 g/mol. The number of benzene rings is 1. The van der Waals surface area contributed by atoms with Crippen molar-refractivity contribution in [3.63, 3.8) is 0 Å². The molecule has 0 bridgehead atoms. The Morgan fingerprint density at radius 3 is 2.86 bits per heavy atom. The summed E-state index contributed by atoms with van der Waals surface area (Å²) in [6.07, 6.45) is 12.5. The molecule has 0 aliphatic carbocycles. The van der Waals surface area contributed by atoms with Gasteiger partial charge in [-0.15, -0.1) is 0 Å². The summed E-state index contributed by atoms with van der Waals surface area (Å²) in [6.45, 7) is 1.94. The lowest BCUT2D eigenvalue weighted by Crippen LogP contribution is -2.32. The Kier molecular flexibility index (Phi) is 5.01. The van der Waals surface area contributed by atoms with E-state index in [9.17, 15) is 4.39 Å². The second kappa shape index (κ2) is 7.36. The zero-order valence-corrected chi connectivity index (χ0v) is 12.7. The van der Waals surface area contributed by atoms with Gasteiger partial charge in [0.05, 0.1) is 6.33 Å². The van der Waals surface area contributed by atoms with Gasteiger partial charge in [0.25, 0.3) is 0 Å². The topological polar surface area (TPSA) is 29.9 Å². The molecule has 2 aromatic rings. The Morgan fingerprint density at radius 1 is 1.23 bits per heavy atom. The third kappa shape index (κ3) is 4.04. The molecule has 116 valence electrons. The lowest BCUT2D eigenvalue weighted by atomic mass is 9.93. The number of imidazole rings is 1. The number of halogens is 1. The smallest absolute Gasteiger partial charge is 0.123 e. The third-order valence-corrected chi connectivity index (χ3v) is 4.21. The Bertz CT molecular complexity index is 602. The maximum absolute atomic E-state index is 13.0. The van der Waals surface area contributed by atoms with Crippen molar-refractivity contribution in [2.75, 3.05) is 6.54 Å². The average Bonchev–Trinajstić information content (AvgIpc) is 3.06. The van der Waals surface area contributed by atoms with Crippen LogP contribution in [-0.4, -0.2) is 22.1 Å². The van der Waals surface area contributed by atoms with Gasteiger partial charge in [-0.05, 0) is 42.5 Å². The first-order valence-corrected chi connectivity index (χ1v) is 7.95. The second-order valence-corrected chi connectivity index (χ2v) is 5.84. The summed E-state index contributed by atoms with van der Waals surface area (Å²) in [4.78, 5) is 4.06. The Labute approximate surface area is 130 Å². The van der Waals surface area contributed by atoms with Gasteiger partial charge in [0.2, 0.25) is 0 Å². The van der Waals surface area contributed by atoms with Crippen LogP contribution in [0, 0.1) is 5.82 Å². The van der Waals surface area contributed by atoms with Crippen molar-refractivity contribution in [3.05, 3.63) is 60.4 Å². The summed E-state index contributed by atoms with van der Waals surface area (Å²) < 4.78 is 15.1. The molecule has 0 radical (unpaired) electrons. The Hall–Kier alpha value is -1.94. The van der Waals surface area contributed by atoms with Crippen LogP contribution in [0.2, 0.25) is 0 Å². The van der Waals surface area contributed by atoms with E-state index in [-0.39, 0.29) is 5.82 Å². The maximum atomic E-state index is 13.0. The average molecular weight is 299 g/mol. The molecule has 1 unspecified atom stereocenters.